The molecule has 5 nitrogen and oxygen atoms in total. The quantitative estimate of drug-likeness (QED) is 0.769. The normalized spacial score (nSPS) is 21.5. The lowest BCUT2D eigenvalue weighted by molar-refractivity contribution is -0.146. The predicted molar refractivity (Wildman–Crippen MR) is 79.8 cm³/mol. The predicted octanol–water partition coefficient (Wildman–Crippen LogP) is 2.92. The van der Waals surface area contributed by atoms with Gasteiger partial charge >= 0.3 is 5.97 Å². The van der Waals surface area contributed by atoms with Crippen molar-refractivity contribution in [1.29, 1.82) is 0 Å². The molecule has 0 N–H and O–H groups in total. The molecule has 1 aromatic heterocycles. The first-order valence-electron chi connectivity index (χ1n) is 6.23. The van der Waals surface area contributed by atoms with Crippen molar-refractivity contribution in [1.82, 2.24) is 9.88 Å². The highest BCUT2D eigenvalue weighted by Crippen LogP contribution is 2.33. The molecule has 8 heteroatoms. The van der Waals surface area contributed by atoms with Crippen LogP contribution in [0.2, 0.25) is 15.1 Å². The van der Waals surface area contributed by atoms with Crippen LogP contribution in [-0.4, -0.2) is 42.0 Å². The summed E-state index contributed by atoms with van der Waals surface area (Å²) in [7, 11) is 1.33. The fourth-order valence-electron chi connectivity index (χ4n) is 2.33. The van der Waals surface area contributed by atoms with Gasteiger partial charge < -0.3 is 9.64 Å². The van der Waals surface area contributed by atoms with Crippen LogP contribution in [0.15, 0.2) is 6.20 Å². The molecule has 1 aliphatic heterocycles. The Labute approximate surface area is 137 Å². The maximum atomic E-state index is 12.5. The number of amides is 1. The van der Waals surface area contributed by atoms with Crippen LogP contribution in [0, 0.1) is 11.8 Å². The minimum atomic E-state index is -0.378. The zero-order valence-corrected chi connectivity index (χ0v) is 13.7. The number of esters is 1. The fourth-order valence-corrected chi connectivity index (χ4v) is 2.89. The number of halogens is 3. The number of methoxy groups -OCH3 is 1. The van der Waals surface area contributed by atoms with Gasteiger partial charge in [-0.1, -0.05) is 41.7 Å². The molecular weight excluding hydrogens is 339 g/mol. The van der Waals surface area contributed by atoms with E-state index in [0.29, 0.717) is 6.54 Å². The van der Waals surface area contributed by atoms with Gasteiger partial charge in [-0.25, -0.2) is 4.98 Å². The van der Waals surface area contributed by atoms with Crippen LogP contribution in [0.25, 0.3) is 0 Å². The number of rotatable bonds is 2. The molecule has 2 unspecified atom stereocenters. The molecule has 0 spiro atoms. The lowest BCUT2D eigenvalue weighted by Gasteiger charge is -2.16. The van der Waals surface area contributed by atoms with Gasteiger partial charge in [0.25, 0.3) is 5.91 Å². The number of hydrogen-bond donors (Lipinski definition) is 0. The summed E-state index contributed by atoms with van der Waals surface area (Å²) in [6, 6.07) is 0. The molecule has 2 heterocycles. The molecule has 1 amide bonds. The minimum absolute atomic E-state index is 0.00273. The molecule has 1 saturated heterocycles. The fraction of sp³-hybridized carbons (Fsp3) is 0.462. The minimum Gasteiger partial charge on any atom is -0.469 e. The van der Waals surface area contributed by atoms with Gasteiger partial charge in [0, 0.05) is 19.3 Å². The first kappa shape index (κ1) is 16.3. The zero-order chi connectivity index (χ0) is 15.7. The van der Waals surface area contributed by atoms with Crippen LogP contribution in [0.3, 0.4) is 0 Å². The van der Waals surface area contributed by atoms with Gasteiger partial charge in [-0.05, 0) is 5.92 Å². The van der Waals surface area contributed by atoms with Crippen LogP contribution in [0.4, 0.5) is 0 Å². The molecule has 1 fully saturated rings. The van der Waals surface area contributed by atoms with E-state index in [9.17, 15) is 9.59 Å². The Hall–Kier alpha value is -1.04. The van der Waals surface area contributed by atoms with Gasteiger partial charge in [0.2, 0.25) is 0 Å². The number of likely N-dealkylation sites (tertiary alicyclic amines) is 1. The third kappa shape index (κ3) is 3.10. The molecule has 0 radical (unpaired) electrons. The monoisotopic (exact) mass is 350 g/mol. The van der Waals surface area contributed by atoms with Crippen molar-refractivity contribution < 1.29 is 14.3 Å². The molecule has 0 aromatic carbocycles. The van der Waals surface area contributed by atoms with Crippen LogP contribution < -0.4 is 0 Å². The highest BCUT2D eigenvalue weighted by molar-refractivity contribution is 6.48. The molecule has 21 heavy (non-hydrogen) atoms. The van der Waals surface area contributed by atoms with E-state index >= 15 is 0 Å². The van der Waals surface area contributed by atoms with Gasteiger partial charge in [-0.15, -0.1) is 0 Å². The second-order valence-corrected chi connectivity index (χ2v) is 6.06. The number of hydrogen-bond acceptors (Lipinski definition) is 4. The van der Waals surface area contributed by atoms with E-state index in [2.05, 4.69) is 4.98 Å². The van der Waals surface area contributed by atoms with Crippen molar-refractivity contribution in [3.8, 4) is 0 Å². The Balaban J connectivity index is 2.23. The van der Waals surface area contributed by atoms with E-state index in [4.69, 9.17) is 39.5 Å². The molecule has 0 aliphatic carbocycles. The Kier molecular flexibility index (Phi) is 4.96. The molecule has 1 aromatic rings. The summed E-state index contributed by atoms with van der Waals surface area (Å²) in [5, 5.41) is 0.289. The third-order valence-corrected chi connectivity index (χ3v) is 4.76. The Morgan fingerprint density at radius 3 is 2.57 bits per heavy atom. The van der Waals surface area contributed by atoms with Crippen LogP contribution in [-0.2, 0) is 9.53 Å². The van der Waals surface area contributed by atoms with E-state index in [1.807, 2.05) is 6.92 Å². The summed E-state index contributed by atoms with van der Waals surface area (Å²) < 4.78 is 4.74. The second kappa shape index (κ2) is 6.38. The van der Waals surface area contributed by atoms with E-state index < -0.39 is 0 Å². The number of ether oxygens (including phenoxy) is 1. The third-order valence-electron chi connectivity index (χ3n) is 3.52. The Morgan fingerprint density at radius 1 is 1.29 bits per heavy atom. The van der Waals surface area contributed by atoms with Gasteiger partial charge in [-0.2, -0.15) is 0 Å². The van der Waals surface area contributed by atoms with E-state index in [1.54, 1.807) is 0 Å². The molecule has 2 rings (SSSR count). The zero-order valence-electron chi connectivity index (χ0n) is 11.4. The van der Waals surface area contributed by atoms with Crippen molar-refractivity contribution >= 4 is 46.7 Å². The summed E-state index contributed by atoms with van der Waals surface area (Å²) in [6.45, 7) is 2.58. The Morgan fingerprint density at radius 2 is 1.95 bits per heavy atom. The Bertz CT molecular complexity index is 594. The molecule has 1 aliphatic rings. The van der Waals surface area contributed by atoms with E-state index in [1.165, 1.54) is 18.2 Å². The van der Waals surface area contributed by atoms with Crippen molar-refractivity contribution in [3.63, 3.8) is 0 Å². The summed E-state index contributed by atoms with van der Waals surface area (Å²) >= 11 is 17.7. The molecule has 0 saturated carbocycles. The molecule has 0 bridgehead atoms. The number of carbonyl (C=O) groups excluding carboxylic acids is 2. The average molecular weight is 352 g/mol. The number of nitrogens with zero attached hydrogens (tertiary/aromatic N) is 2. The average Bonchev–Trinajstić information content (AvgIpc) is 2.85. The standard InChI is InChI=1S/C13H13Cl3N2O3/c1-6-4-18(5-7(6)13(20)21-2)12(19)11-10(16)9(15)8(14)3-17-11/h3,6-7H,4-5H2,1-2H3. The van der Waals surface area contributed by atoms with Crippen molar-refractivity contribution in [3.05, 3.63) is 27.0 Å². The first-order chi connectivity index (χ1) is 9.86. The van der Waals surface area contributed by atoms with Gasteiger partial charge in [0.15, 0.2) is 0 Å². The maximum Gasteiger partial charge on any atom is 0.310 e. The first-order valence-corrected chi connectivity index (χ1v) is 7.36. The van der Waals surface area contributed by atoms with Crippen molar-refractivity contribution in [2.75, 3.05) is 20.2 Å². The molecule has 114 valence electrons. The summed E-state index contributed by atoms with van der Waals surface area (Å²) in [4.78, 5) is 29.6. The lowest BCUT2D eigenvalue weighted by Crippen LogP contribution is -2.31. The molecule has 2 atom stereocenters. The van der Waals surface area contributed by atoms with Crippen molar-refractivity contribution in [2.45, 2.75) is 6.92 Å². The van der Waals surface area contributed by atoms with E-state index in [-0.39, 0.29) is 51.0 Å². The largest absolute Gasteiger partial charge is 0.469 e. The smallest absolute Gasteiger partial charge is 0.310 e. The number of aromatic nitrogens is 1. The summed E-state index contributed by atoms with van der Waals surface area (Å²) in [5.41, 5.74) is 0.0313. The topological polar surface area (TPSA) is 59.5 Å². The van der Waals surface area contributed by atoms with Crippen LogP contribution in [0.1, 0.15) is 17.4 Å². The van der Waals surface area contributed by atoms with Crippen LogP contribution >= 0.6 is 34.8 Å². The maximum absolute atomic E-state index is 12.5. The van der Waals surface area contributed by atoms with Gasteiger partial charge in [0.05, 0.1) is 28.1 Å². The number of pyridine rings is 1. The van der Waals surface area contributed by atoms with Gasteiger partial charge in [0.1, 0.15) is 5.69 Å². The molecular formula is C13H13Cl3N2O3. The highest BCUT2D eigenvalue weighted by Gasteiger charge is 2.38. The van der Waals surface area contributed by atoms with Crippen LogP contribution in [0.5, 0.6) is 0 Å². The van der Waals surface area contributed by atoms with E-state index in [0.717, 1.165) is 0 Å². The highest BCUT2D eigenvalue weighted by atomic mass is 35.5. The SMILES string of the molecule is COC(=O)C1CN(C(=O)c2ncc(Cl)c(Cl)c2Cl)CC1C. The summed E-state index contributed by atoms with van der Waals surface area (Å²) in [5.74, 6) is -1.05. The van der Waals surface area contributed by atoms with Crippen molar-refractivity contribution in [2.24, 2.45) is 11.8 Å². The second-order valence-electron chi connectivity index (χ2n) is 4.90. The lowest BCUT2D eigenvalue weighted by atomic mass is 9.99. The van der Waals surface area contributed by atoms with Gasteiger partial charge in [-0.3, -0.25) is 9.59 Å². The number of carbonyl (C=O) groups is 2. The summed E-state index contributed by atoms with van der Waals surface area (Å²) in [6.07, 6.45) is 1.28.